The molecular formula is C15H18N2O2S2. The van der Waals surface area contributed by atoms with E-state index in [4.69, 9.17) is 10.9 Å². The molecule has 0 saturated heterocycles. The molecule has 21 heavy (non-hydrogen) atoms. The number of sulfonamides is 1. The SMILES string of the molecule is Cc1ccc(Sc2cc(N)cc(S(N)(=O)=O)c2C)cc1C. The molecule has 0 spiro atoms. The fraction of sp³-hybridized carbons (Fsp3) is 0.200. The van der Waals surface area contributed by atoms with Gasteiger partial charge in [-0.3, -0.25) is 0 Å². The topological polar surface area (TPSA) is 86.2 Å². The van der Waals surface area contributed by atoms with Crippen molar-refractivity contribution in [2.75, 3.05) is 5.73 Å². The van der Waals surface area contributed by atoms with Gasteiger partial charge in [0.2, 0.25) is 10.0 Å². The molecule has 0 amide bonds. The van der Waals surface area contributed by atoms with Crippen molar-refractivity contribution < 1.29 is 8.42 Å². The van der Waals surface area contributed by atoms with Crippen molar-refractivity contribution in [3.05, 3.63) is 47.0 Å². The highest BCUT2D eigenvalue weighted by Crippen LogP contribution is 2.35. The number of rotatable bonds is 3. The van der Waals surface area contributed by atoms with Crippen molar-refractivity contribution in [2.24, 2.45) is 5.14 Å². The minimum absolute atomic E-state index is 0.0776. The van der Waals surface area contributed by atoms with Gasteiger partial charge in [-0.2, -0.15) is 0 Å². The van der Waals surface area contributed by atoms with Gasteiger partial charge in [0.25, 0.3) is 0 Å². The molecule has 0 fully saturated rings. The lowest BCUT2D eigenvalue weighted by Crippen LogP contribution is -2.14. The minimum atomic E-state index is -3.78. The molecule has 0 aliphatic heterocycles. The van der Waals surface area contributed by atoms with Gasteiger partial charge < -0.3 is 5.73 Å². The summed E-state index contributed by atoms with van der Waals surface area (Å²) >= 11 is 1.48. The van der Waals surface area contributed by atoms with E-state index in [0.717, 1.165) is 9.79 Å². The highest BCUT2D eigenvalue weighted by molar-refractivity contribution is 7.99. The number of benzene rings is 2. The van der Waals surface area contributed by atoms with Gasteiger partial charge >= 0.3 is 0 Å². The Morgan fingerprint density at radius 3 is 2.24 bits per heavy atom. The molecule has 4 nitrogen and oxygen atoms in total. The second kappa shape index (κ2) is 5.71. The standard InChI is InChI=1S/C15H18N2O2S2/c1-9-4-5-13(6-10(9)2)20-14-7-12(16)8-15(11(14)3)21(17,18)19/h4-8H,16H2,1-3H3,(H2,17,18,19). The second-order valence-electron chi connectivity index (χ2n) is 5.04. The lowest BCUT2D eigenvalue weighted by molar-refractivity contribution is 0.597. The lowest BCUT2D eigenvalue weighted by atomic mass is 10.1. The number of aryl methyl sites for hydroxylation is 2. The average molecular weight is 322 g/mol. The van der Waals surface area contributed by atoms with Crippen LogP contribution in [0.3, 0.4) is 0 Å². The number of nitrogens with two attached hydrogens (primary N) is 2. The van der Waals surface area contributed by atoms with Crippen LogP contribution >= 0.6 is 11.8 Å². The molecule has 6 heteroatoms. The summed E-state index contributed by atoms with van der Waals surface area (Å²) in [5, 5.41) is 5.24. The first-order valence-corrected chi connectivity index (χ1v) is 8.73. The van der Waals surface area contributed by atoms with Crippen LogP contribution in [0.4, 0.5) is 5.69 Å². The van der Waals surface area contributed by atoms with Crippen LogP contribution in [-0.4, -0.2) is 8.42 Å². The van der Waals surface area contributed by atoms with Crippen LogP contribution in [0.5, 0.6) is 0 Å². The van der Waals surface area contributed by atoms with Crippen LogP contribution in [-0.2, 0) is 10.0 Å². The first kappa shape index (κ1) is 15.9. The van der Waals surface area contributed by atoms with Crippen LogP contribution in [0.2, 0.25) is 0 Å². The summed E-state index contributed by atoms with van der Waals surface area (Å²) in [6, 6.07) is 9.28. The second-order valence-corrected chi connectivity index (χ2v) is 7.68. The third-order valence-corrected chi connectivity index (χ3v) is 5.52. The van der Waals surface area contributed by atoms with E-state index in [9.17, 15) is 8.42 Å². The third-order valence-electron chi connectivity index (χ3n) is 3.35. The van der Waals surface area contributed by atoms with Crippen molar-refractivity contribution in [2.45, 2.75) is 35.5 Å². The zero-order valence-corrected chi connectivity index (χ0v) is 13.8. The summed E-state index contributed by atoms with van der Waals surface area (Å²) in [6.45, 7) is 5.83. The zero-order valence-electron chi connectivity index (χ0n) is 12.2. The Bertz CT molecular complexity index is 800. The van der Waals surface area contributed by atoms with E-state index >= 15 is 0 Å². The summed E-state index contributed by atoms with van der Waals surface area (Å²) in [5.74, 6) is 0. The third kappa shape index (κ3) is 3.58. The molecule has 4 N–H and O–H groups in total. The van der Waals surface area contributed by atoms with Gasteiger partial charge in [-0.1, -0.05) is 17.8 Å². The van der Waals surface area contributed by atoms with Gasteiger partial charge in [0, 0.05) is 15.5 Å². The van der Waals surface area contributed by atoms with Gasteiger partial charge in [0.1, 0.15) is 0 Å². The van der Waals surface area contributed by atoms with E-state index in [-0.39, 0.29) is 4.90 Å². The summed E-state index contributed by atoms with van der Waals surface area (Å²) in [7, 11) is -3.78. The Morgan fingerprint density at radius 2 is 1.67 bits per heavy atom. The maximum atomic E-state index is 11.6. The molecule has 0 radical (unpaired) electrons. The normalized spacial score (nSPS) is 11.6. The molecule has 0 heterocycles. The van der Waals surface area contributed by atoms with Crippen molar-refractivity contribution in [1.82, 2.24) is 0 Å². The van der Waals surface area contributed by atoms with Gasteiger partial charge in [-0.05, 0) is 61.7 Å². The van der Waals surface area contributed by atoms with Gasteiger partial charge in [-0.15, -0.1) is 0 Å². The molecule has 0 saturated carbocycles. The average Bonchev–Trinajstić information content (AvgIpc) is 2.36. The van der Waals surface area contributed by atoms with E-state index in [1.54, 1.807) is 13.0 Å². The lowest BCUT2D eigenvalue weighted by Gasteiger charge is -2.12. The van der Waals surface area contributed by atoms with Crippen molar-refractivity contribution in [1.29, 1.82) is 0 Å². The van der Waals surface area contributed by atoms with E-state index in [0.29, 0.717) is 11.3 Å². The molecule has 112 valence electrons. The van der Waals surface area contributed by atoms with Gasteiger partial charge in [0.05, 0.1) is 4.90 Å². The van der Waals surface area contributed by atoms with Gasteiger partial charge in [0.15, 0.2) is 0 Å². The first-order valence-electron chi connectivity index (χ1n) is 6.36. The summed E-state index contributed by atoms with van der Waals surface area (Å²) in [5.41, 5.74) is 9.21. The largest absolute Gasteiger partial charge is 0.399 e. The Hall–Kier alpha value is -1.50. The molecule has 2 rings (SSSR count). The zero-order chi connectivity index (χ0) is 15.8. The molecule has 0 atom stereocenters. The smallest absolute Gasteiger partial charge is 0.238 e. The molecule has 0 aliphatic rings. The molecular weight excluding hydrogens is 304 g/mol. The Balaban J connectivity index is 2.49. The Kier molecular flexibility index (Phi) is 4.32. The number of hydrogen-bond donors (Lipinski definition) is 2. The molecule has 2 aromatic rings. The minimum Gasteiger partial charge on any atom is -0.399 e. The van der Waals surface area contributed by atoms with E-state index in [2.05, 4.69) is 13.0 Å². The fourth-order valence-corrected chi connectivity index (χ4v) is 3.97. The molecule has 0 bridgehead atoms. The van der Waals surface area contributed by atoms with Crippen LogP contribution in [0.15, 0.2) is 45.0 Å². The van der Waals surface area contributed by atoms with Gasteiger partial charge in [-0.25, -0.2) is 13.6 Å². The summed E-state index contributed by atoms with van der Waals surface area (Å²) in [6.07, 6.45) is 0. The predicted molar refractivity (Wildman–Crippen MR) is 87.0 cm³/mol. The number of anilines is 1. The first-order chi connectivity index (χ1) is 9.68. The molecule has 0 aliphatic carbocycles. The van der Waals surface area contributed by atoms with Crippen LogP contribution in [0.1, 0.15) is 16.7 Å². The van der Waals surface area contributed by atoms with Crippen LogP contribution < -0.4 is 10.9 Å². The molecule has 2 aromatic carbocycles. The van der Waals surface area contributed by atoms with Crippen LogP contribution in [0.25, 0.3) is 0 Å². The molecule has 0 aromatic heterocycles. The summed E-state index contributed by atoms with van der Waals surface area (Å²) in [4.78, 5) is 1.91. The number of nitrogen functional groups attached to an aromatic ring is 1. The van der Waals surface area contributed by atoms with Crippen molar-refractivity contribution in [3.63, 3.8) is 0 Å². The monoisotopic (exact) mass is 322 g/mol. The highest BCUT2D eigenvalue weighted by Gasteiger charge is 2.16. The fourth-order valence-electron chi connectivity index (χ4n) is 1.99. The highest BCUT2D eigenvalue weighted by atomic mass is 32.2. The van der Waals surface area contributed by atoms with Crippen molar-refractivity contribution in [3.8, 4) is 0 Å². The number of hydrogen-bond acceptors (Lipinski definition) is 4. The van der Waals surface area contributed by atoms with Crippen LogP contribution in [0, 0.1) is 20.8 Å². The quantitative estimate of drug-likeness (QED) is 0.851. The van der Waals surface area contributed by atoms with E-state index in [1.807, 2.05) is 19.1 Å². The summed E-state index contributed by atoms with van der Waals surface area (Å²) < 4.78 is 23.2. The van der Waals surface area contributed by atoms with Crippen molar-refractivity contribution >= 4 is 27.5 Å². The molecule has 0 unspecified atom stereocenters. The predicted octanol–water partition coefficient (Wildman–Crippen LogP) is 2.99. The Morgan fingerprint density at radius 1 is 1.00 bits per heavy atom. The Labute approximate surface area is 129 Å². The maximum Gasteiger partial charge on any atom is 0.238 e. The number of primary sulfonamides is 1. The maximum absolute atomic E-state index is 11.6. The van der Waals surface area contributed by atoms with E-state index in [1.165, 1.54) is 29.0 Å². The van der Waals surface area contributed by atoms with E-state index < -0.39 is 10.0 Å².